The Morgan fingerprint density at radius 1 is 0.705 bits per heavy atom. The first-order valence-electron chi connectivity index (χ1n) is 17.7. The number of carbonyl (C=O) groups is 2. The fourth-order valence-corrected chi connectivity index (χ4v) is 6.95. The van der Waals surface area contributed by atoms with E-state index in [1.54, 1.807) is 6.92 Å². The molecule has 262 valence electrons. The van der Waals surface area contributed by atoms with Gasteiger partial charge in [-0.3, -0.25) is 18.6 Å². The SMILES string of the molecule is CCCCCCCCCCCC(=O)C(OP(=O)(O)OC(CC)C[N+](C)(C)C)(C(=O)CCCCCCCCCCC)[C@@H](O)CO. The van der Waals surface area contributed by atoms with Gasteiger partial charge in [-0.15, -0.1) is 0 Å². The summed E-state index contributed by atoms with van der Waals surface area (Å²) in [4.78, 5) is 38.3. The van der Waals surface area contributed by atoms with Crippen LogP contribution in [0.2, 0.25) is 0 Å². The normalized spacial score (nSPS) is 15.2. The summed E-state index contributed by atoms with van der Waals surface area (Å²) in [6, 6.07) is 0. The molecule has 0 aromatic rings. The summed E-state index contributed by atoms with van der Waals surface area (Å²) in [5.41, 5.74) is -2.66. The van der Waals surface area contributed by atoms with Crippen molar-refractivity contribution in [1.29, 1.82) is 0 Å². The molecule has 0 aliphatic heterocycles. The molecule has 9 nitrogen and oxygen atoms in total. The monoisotopic (exact) mass is 650 g/mol. The van der Waals surface area contributed by atoms with Gasteiger partial charge < -0.3 is 19.6 Å². The molecule has 0 aliphatic rings. The van der Waals surface area contributed by atoms with Gasteiger partial charge in [0, 0.05) is 12.8 Å². The Labute approximate surface area is 269 Å². The minimum absolute atomic E-state index is 0.105. The van der Waals surface area contributed by atoms with Crippen molar-refractivity contribution < 1.29 is 42.8 Å². The van der Waals surface area contributed by atoms with E-state index in [1.165, 1.54) is 51.4 Å². The molecule has 0 saturated carbocycles. The van der Waals surface area contributed by atoms with Crippen molar-refractivity contribution in [2.24, 2.45) is 0 Å². The minimum Gasteiger partial charge on any atom is -0.394 e. The lowest BCUT2D eigenvalue weighted by Crippen LogP contribution is -2.58. The van der Waals surface area contributed by atoms with Crippen LogP contribution < -0.4 is 0 Å². The van der Waals surface area contributed by atoms with Crippen molar-refractivity contribution in [3.8, 4) is 0 Å². The molecule has 0 aliphatic carbocycles. The number of rotatable bonds is 31. The number of carbonyl (C=O) groups excluding carboxylic acids is 2. The molecule has 0 bridgehead atoms. The third-order valence-corrected chi connectivity index (χ3v) is 9.32. The van der Waals surface area contributed by atoms with Gasteiger partial charge in [0.1, 0.15) is 18.8 Å². The average molecular weight is 651 g/mol. The van der Waals surface area contributed by atoms with E-state index in [9.17, 15) is 29.3 Å². The maximum absolute atomic E-state index is 13.7. The lowest BCUT2D eigenvalue weighted by Gasteiger charge is -2.36. The van der Waals surface area contributed by atoms with Crippen molar-refractivity contribution in [2.45, 2.75) is 173 Å². The Bertz CT molecular complexity index is 767. The number of hydrogen-bond donors (Lipinski definition) is 3. The molecular weight excluding hydrogens is 581 g/mol. The molecule has 0 amide bonds. The van der Waals surface area contributed by atoms with Crippen molar-refractivity contribution in [1.82, 2.24) is 0 Å². The van der Waals surface area contributed by atoms with Crippen LogP contribution in [0, 0.1) is 0 Å². The molecule has 44 heavy (non-hydrogen) atoms. The van der Waals surface area contributed by atoms with Gasteiger partial charge in [-0.25, -0.2) is 4.57 Å². The van der Waals surface area contributed by atoms with E-state index in [2.05, 4.69) is 13.8 Å². The molecule has 0 heterocycles. The zero-order valence-corrected chi connectivity index (χ0v) is 30.1. The lowest BCUT2D eigenvalue weighted by atomic mass is 9.82. The highest BCUT2D eigenvalue weighted by Gasteiger charge is 2.56. The van der Waals surface area contributed by atoms with Crippen LogP contribution in [0.5, 0.6) is 0 Å². The quantitative estimate of drug-likeness (QED) is 0.0302. The van der Waals surface area contributed by atoms with E-state index in [0.29, 0.717) is 30.3 Å². The molecule has 10 heteroatoms. The molecule has 3 atom stereocenters. The minimum atomic E-state index is -5.00. The van der Waals surface area contributed by atoms with Crippen LogP contribution in [0.4, 0.5) is 0 Å². The number of phosphoric ester groups is 1. The van der Waals surface area contributed by atoms with Gasteiger partial charge in [0.2, 0.25) is 5.60 Å². The van der Waals surface area contributed by atoms with Gasteiger partial charge in [-0.1, -0.05) is 124 Å². The second-order valence-corrected chi connectivity index (χ2v) is 14.9. The number of nitrogens with zero attached hydrogens (tertiary/aromatic N) is 1. The first kappa shape index (κ1) is 43.3. The summed E-state index contributed by atoms with van der Waals surface area (Å²) < 4.78 is 24.8. The lowest BCUT2D eigenvalue weighted by molar-refractivity contribution is -0.873. The van der Waals surface area contributed by atoms with Crippen LogP contribution in [0.15, 0.2) is 0 Å². The number of aliphatic hydroxyl groups excluding tert-OH is 2. The smallest absolute Gasteiger partial charge is 0.394 e. The van der Waals surface area contributed by atoms with Gasteiger partial charge >= 0.3 is 7.82 Å². The van der Waals surface area contributed by atoms with Crippen molar-refractivity contribution in [2.75, 3.05) is 34.3 Å². The largest absolute Gasteiger partial charge is 0.474 e. The predicted molar refractivity (Wildman–Crippen MR) is 178 cm³/mol. The number of ketones is 2. The average Bonchev–Trinajstić information content (AvgIpc) is 2.96. The van der Waals surface area contributed by atoms with Crippen LogP contribution in [0.1, 0.15) is 156 Å². The second-order valence-electron chi connectivity index (χ2n) is 13.6. The standard InChI is InChI=1S/C34H68NO8P/c1-7-10-12-14-16-18-20-22-24-26-31(37)34(33(39)29-36,32(38)27-25-23-21-19-17-15-13-11-8-2)43-44(40,41)42-30(9-3)28-35(4,5)6/h30,33,36,39H,7-29H2,1-6H3/p+1/t30?,33-/m0/s1. The van der Waals surface area contributed by atoms with Crippen LogP contribution >= 0.6 is 7.82 Å². The molecule has 3 N–H and O–H groups in total. The maximum Gasteiger partial charge on any atom is 0.474 e. The van der Waals surface area contributed by atoms with Gasteiger partial charge in [-0.05, 0) is 19.3 Å². The molecule has 0 radical (unpaired) electrons. The first-order valence-corrected chi connectivity index (χ1v) is 19.2. The summed E-state index contributed by atoms with van der Waals surface area (Å²) in [6.45, 7) is 5.59. The van der Waals surface area contributed by atoms with E-state index in [0.717, 1.165) is 51.4 Å². The van der Waals surface area contributed by atoms with E-state index >= 15 is 0 Å². The molecular formula is C34H69NO8P+. The molecule has 0 spiro atoms. The number of quaternary nitrogens is 1. The van der Waals surface area contributed by atoms with Crippen LogP contribution in [-0.2, 0) is 23.2 Å². The van der Waals surface area contributed by atoms with Crippen molar-refractivity contribution in [3.05, 3.63) is 0 Å². The number of likely N-dealkylation sites (N-methyl/N-ethyl adjacent to an activating group) is 1. The Balaban J connectivity index is 5.62. The predicted octanol–water partition coefficient (Wildman–Crippen LogP) is 7.68. The first-order chi connectivity index (χ1) is 20.8. The number of Topliss-reactive ketones (excluding diaryl/α,β-unsaturated/α-hetero) is 2. The van der Waals surface area contributed by atoms with E-state index < -0.39 is 43.8 Å². The fourth-order valence-electron chi connectivity index (χ4n) is 5.62. The highest BCUT2D eigenvalue weighted by Crippen LogP contribution is 2.51. The number of unbranched alkanes of at least 4 members (excludes halogenated alkanes) is 16. The Morgan fingerprint density at radius 2 is 1.07 bits per heavy atom. The molecule has 0 saturated heterocycles. The van der Waals surface area contributed by atoms with Crippen molar-refractivity contribution in [3.63, 3.8) is 0 Å². The topological polar surface area (TPSA) is 130 Å². The molecule has 0 fully saturated rings. The van der Waals surface area contributed by atoms with Gasteiger partial charge in [0.15, 0.2) is 11.6 Å². The van der Waals surface area contributed by atoms with Crippen molar-refractivity contribution >= 4 is 19.4 Å². The summed E-state index contributed by atoms with van der Waals surface area (Å²) in [6.07, 6.45) is 15.9. The van der Waals surface area contributed by atoms with Crippen LogP contribution in [0.25, 0.3) is 0 Å². The fraction of sp³-hybridized carbons (Fsp3) is 0.941. The summed E-state index contributed by atoms with van der Waals surface area (Å²) in [5, 5.41) is 20.9. The number of aliphatic hydroxyl groups is 2. The van der Waals surface area contributed by atoms with E-state index in [-0.39, 0.29) is 12.8 Å². The highest BCUT2D eigenvalue weighted by molar-refractivity contribution is 7.47. The second kappa shape index (κ2) is 24.5. The zero-order valence-electron chi connectivity index (χ0n) is 29.2. The summed E-state index contributed by atoms with van der Waals surface area (Å²) in [5.74, 6) is -1.55. The number of hydrogen-bond acceptors (Lipinski definition) is 7. The van der Waals surface area contributed by atoms with Gasteiger partial charge in [0.25, 0.3) is 0 Å². The Morgan fingerprint density at radius 3 is 1.39 bits per heavy atom. The third-order valence-electron chi connectivity index (χ3n) is 8.23. The summed E-state index contributed by atoms with van der Waals surface area (Å²) in [7, 11) is 0.748. The number of phosphoric acid groups is 1. The molecule has 0 rings (SSSR count). The van der Waals surface area contributed by atoms with E-state index in [4.69, 9.17) is 9.05 Å². The third kappa shape index (κ3) is 19.1. The highest BCUT2D eigenvalue weighted by atomic mass is 31.2. The molecule has 0 aromatic carbocycles. The van der Waals surface area contributed by atoms with E-state index in [1.807, 2.05) is 21.1 Å². The van der Waals surface area contributed by atoms with Gasteiger partial charge in [0.05, 0.1) is 27.7 Å². The molecule has 2 unspecified atom stereocenters. The Hall–Kier alpha value is -0.670. The van der Waals surface area contributed by atoms with Crippen LogP contribution in [-0.4, -0.2) is 83.3 Å². The summed E-state index contributed by atoms with van der Waals surface area (Å²) >= 11 is 0. The zero-order chi connectivity index (χ0) is 33.5. The molecule has 0 aromatic heterocycles. The maximum atomic E-state index is 13.7. The van der Waals surface area contributed by atoms with Crippen LogP contribution in [0.3, 0.4) is 0 Å². The Kier molecular flexibility index (Phi) is 24.1. The van der Waals surface area contributed by atoms with Gasteiger partial charge in [-0.2, -0.15) is 0 Å².